The Morgan fingerprint density at radius 1 is 1.23 bits per heavy atom. The molecule has 2 fully saturated rings. The lowest BCUT2D eigenvalue weighted by Gasteiger charge is -2.21. The third-order valence-electron chi connectivity index (χ3n) is 4.71. The first kappa shape index (κ1) is 17.7. The summed E-state index contributed by atoms with van der Waals surface area (Å²) in [6, 6.07) is 0. The largest absolute Gasteiger partial charge is 0.317 e. The second kappa shape index (κ2) is 8.85. The summed E-state index contributed by atoms with van der Waals surface area (Å²) in [5.74, 6) is 1.35. The van der Waals surface area contributed by atoms with E-state index in [0.29, 0.717) is 18.3 Å². The Morgan fingerprint density at radius 2 is 1.95 bits per heavy atom. The van der Waals surface area contributed by atoms with Crippen molar-refractivity contribution >= 4 is 34.8 Å². The summed E-state index contributed by atoms with van der Waals surface area (Å²) in [7, 11) is 0. The molecule has 2 heterocycles. The van der Waals surface area contributed by atoms with Crippen LogP contribution in [0, 0.1) is 5.92 Å². The Labute approximate surface area is 142 Å². The quantitative estimate of drug-likeness (QED) is 0.870. The van der Waals surface area contributed by atoms with Gasteiger partial charge in [0.1, 0.15) is 0 Å². The van der Waals surface area contributed by atoms with E-state index in [2.05, 4.69) is 15.6 Å². The molecule has 22 heavy (non-hydrogen) atoms. The summed E-state index contributed by atoms with van der Waals surface area (Å²) in [6.07, 6.45) is 11.3. The van der Waals surface area contributed by atoms with Gasteiger partial charge < -0.3 is 10.6 Å². The molecule has 2 aliphatic rings. The SMILES string of the molecule is Cl.O=C(CC1CCCCC1)Nc1ncc(C2CCNCC2)s1. The smallest absolute Gasteiger partial charge is 0.226 e. The Kier molecular flexibility index (Phi) is 7.12. The Bertz CT molecular complexity index is 468. The van der Waals surface area contributed by atoms with Crippen molar-refractivity contribution in [3.8, 4) is 0 Å². The number of anilines is 1. The lowest BCUT2D eigenvalue weighted by atomic mass is 9.87. The number of amides is 1. The standard InChI is InChI=1S/C16H25N3OS.ClH/c20-15(10-12-4-2-1-3-5-12)19-16-18-11-14(21-16)13-6-8-17-9-7-13;/h11-13,17H,1-10H2,(H,18,19,20);1H. The van der Waals surface area contributed by atoms with Gasteiger partial charge in [-0.3, -0.25) is 4.79 Å². The van der Waals surface area contributed by atoms with E-state index in [1.807, 2.05) is 6.20 Å². The van der Waals surface area contributed by atoms with Gasteiger partial charge in [-0.2, -0.15) is 0 Å². The van der Waals surface area contributed by atoms with E-state index in [4.69, 9.17) is 0 Å². The molecule has 1 aromatic rings. The van der Waals surface area contributed by atoms with E-state index in [0.717, 1.165) is 18.2 Å². The van der Waals surface area contributed by atoms with E-state index in [9.17, 15) is 4.79 Å². The van der Waals surface area contributed by atoms with Gasteiger partial charge in [-0.05, 0) is 50.6 Å². The van der Waals surface area contributed by atoms with Gasteiger partial charge >= 0.3 is 0 Å². The van der Waals surface area contributed by atoms with Crippen LogP contribution in [-0.2, 0) is 4.79 Å². The van der Waals surface area contributed by atoms with Crippen LogP contribution in [-0.4, -0.2) is 24.0 Å². The fourth-order valence-corrected chi connectivity index (χ4v) is 4.46. The van der Waals surface area contributed by atoms with Crippen molar-refractivity contribution in [1.82, 2.24) is 10.3 Å². The van der Waals surface area contributed by atoms with Crippen LogP contribution < -0.4 is 10.6 Å². The van der Waals surface area contributed by atoms with Crippen LogP contribution in [0.15, 0.2) is 6.20 Å². The zero-order chi connectivity index (χ0) is 14.5. The molecular weight excluding hydrogens is 318 g/mol. The van der Waals surface area contributed by atoms with Crippen LogP contribution in [0.4, 0.5) is 5.13 Å². The molecule has 0 unspecified atom stereocenters. The second-order valence-electron chi connectivity index (χ2n) is 6.35. The van der Waals surface area contributed by atoms with E-state index in [1.54, 1.807) is 11.3 Å². The maximum Gasteiger partial charge on any atom is 0.226 e. The third-order valence-corrected chi connectivity index (χ3v) is 5.79. The number of nitrogens with zero attached hydrogens (tertiary/aromatic N) is 1. The number of carbonyl (C=O) groups excluding carboxylic acids is 1. The molecule has 0 radical (unpaired) electrons. The number of hydrogen-bond acceptors (Lipinski definition) is 4. The van der Waals surface area contributed by atoms with Crippen molar-refractivity contribution in [2.24, 2.45) is 5.92 Å². The number of nitrogens with one attached hydrogen (secondary N) is 2. The van der Waals surface area contributed by atoms with Gasteiger partial charge in [-0.25, -0.2) is 4.98 Å². The Morgan fingerprint density at radius 3 is 2.68 bits per heavy atom. The van der Waals surface area contributed by atoms with Crippen molar-refractivity contribution in [3.05, 3.63) is 11.1 Å². The van der Waals surface area contributed by atoms with Gasteiger partial charge in [0.15, 0.2) is 5.13 Å². The number of aromatic nitrogens is 1. The van der Waals surface area contributed by atoms with E-state index in [-0.39, 0.29) is 18.3 Å². The molecule has 1 saturated heterocycles. The maximum absolute atomic E-state index is 12.1. The molecule has 6 heteroatoms. The van der Waals surface area contributed by atoms with Crippen LogP contribution in [0.2, 0.25) is 0 Å². The molecule has 1 aromatic heterocycles. The predicted molar refractivity (Wildman–Crippen MR) is 94.0 cm³/mol. The zero-order valence-electron chi connectivity index (χ0n) is 13.0. The molecular formula is C16H26ClN3OS. The van der Waals surface area contributed by atoms with Gasteiger partial charge in [0.2, 0.25) is 5.91 Å². The first-order chi connectivity index (χ1) is 10.3. The topological polar surface area (TPSA) is 54.0 Å². The minimum absolute atomic E-state index is 0. The number of halogens is 1. The number of piperidine rings is 1. The molecule has 2 N–H and O–H groups in total. The van der Waals surface area contributed by atoms with Gasteiger partial charge in [0.05, 0.1) is 0 Å². The second-order valence-corrected chi connectivity index (χ2v) is 7.41. The predicted octanol–water partition coefficient (Wildman–Crippen LogP) is 3.94. The molecule has 0 bridgehead atoms. The monoisotopic (exact) mass is 343 g/mol. The lowest BCUT2D eigenvalue weighted by molar-refractivity contribution is -0.117. The highest BCUT2D eigenvalue weighted by Crippen LogP contribution is 2.32. The van der Waals surface area contributed by atoms with Crippen LogP contribution >= 0.6 is 23.7 Å². The first-order valence-electron chi connectivity index (χ1n) is 8.27. The van der Waals surface area contributed by atoms with E-state index < -0.39 is 0 Å². The number of carbonyl (C=O) groups is 1. The molecule has 124 valence electrons. The van der Waals surface area contributed by atoms with Crippen LogP contribution in [0.1, 0.15) is 62.2 Å². The normalized spacial score (nSPS) is 20.4. The summed E-state index contributed by atoms with van der Waals surface area (Å²) in [5.41, 5.74) is 0. The third kappa shape index (κ3) is 4.93. The number of hydrogen-bond donors (Lipinski definition) is 2. The van der Waals surface area contributed by atoms with Crippen LogP contribution in [0.25, 0.3) is 0 Å². The highest BCUT2D eigenvalue weighted by atomic mass is 35.5. The minimum Gasteiger partial charge on any atom is -0.317 e. The van der Waals surface area contributed by atoms with Gasteiger partial charge in [-0.1, -0.05) is 19.3 Å². The molecule has 1 amide bonds. The summed E-state index contributed by atoms with van der Waals surface area (Å²) < 4.78 is 0. The zero-order valence-corrected chi connectivity index (χ0v) is 14.6. The lowest BCUT2D eigenvalue weighted by Crippen LogP contribution is -2.26. The average molecular weight is 344 g/mol. The molecule has 4 nitrogen and oxygen atoms in total. The Hall–Kier alpha value is -0.650. The van der Waals surface area contributed by atoms with Gasteiger partial charge in [0, 0.05) is 17.5 Å². The van der Waals surface area contributed by atoms with E-state index in [1.165, 1.54) is 49.8 Å². The summed E-state index contributed by atoms with van der Waals surface area (Å²) in [6.45, 7) is 2.18. The minimum atomic E-state index is 0. The summed E-state index contributed by atoms with van der Waals surface area (Å²) in [5, 5.41) is 7.17. The Balaban J connectivity index is 0.00000176. The fourth-order valence-electron chi connectivity index (χ4n) is 3.46. The molecule has 1 saturated carbocycles. The maximum atomic E-state index is 12.1. The van der Waals surface area contributed by atoms with Gasteiger partial charge in [-0.15, -0.1) is 23.7 Å². The van der Waals surface area contributed by atoms with Crippen molar-refractivity contribution in [3.63, 3.8) is 0 Å². The molecule has 0 aromatic carbocycles. The average Bonchev–Trinajstić information content (AvgIpc) is 2.97. The van der Waals surface area contributed by atoms with Gasteiger partial charge in [0.25, 0.3) is 0 Å². The summed E-state index contributed by atoms with van der Waals surface area (Å²) in [4.78, 5) is 17.8. The molecule has 0 atom stereocenters. The number of thiazole rings is 1. The highest BCUT2D eigenvalue weighted by molar-refractivity contribution is 7.15. The van der Waals surface area contributed by atoms with Crippen molar-refractivity contribution in [2.45, 2.75) is 57.3 Å². The number of rotatable bonds is 4. The van der Waals surface area contributed by atoms with Crippen molar-refractivity contribution in [2.75, 3.05) is 18.4 Å². The van der Waals surface area contributed by atoms with Crippen molar-refractivity contribution < 1.29 is 4.79 Å². The van der Waals surface area contributed by atoms with Crippen molar-refractivity contribution in [1.29, 1.82) is 0 Å². The first-order valence-corrected chi connectivity index (χ1v) is 9.09. The fraction of sp³-hybridized carbons (Fsp3) is 0.750. The van der Waals surface area contributed by atoms with Crippen LogP contribution in [0.5, 0.6) is 0 Å². The van der Waals surface area contributed by atoms with E-state index >= 15 is 0 Å². The molecule has 1 aliphatic carbocycles. The summed E-state index contributed by atoms with van der Waals surface area (Å²) >= 11 is 1.66. The molecule has 3 rings (SSSR count). The van der Waals surface area contributed by atoms with Crippen LogP contribution in [0.3, 0.4) is 0 Å². The molecule has 0 spiro atoms. The highest BCUT2D eigenvalue weighted by Gasteiger charge is 2.20. The molecule has 1 aliphatic heterocycles.